The van der Waals surface area contributed by atoms with Crippen molar-refractivity contribution in [2.24, 2.45) is 0 Å². The lowest BCUT2D eigenvalue weighted by molar-refractivity contribution is 0.445. The van der Waals surface area contributed by atoms with Crippen molar-refractivity contribution < 1.29 is 4.74 Å². The first-order valence-corrected chi connectivity index (χ1v) is 8.54. The van der Waals surface area contributed by atoms with Crippen LogP contribution in [0.1, 0.15) is 0 Å². The zero-order valence-corrected chi connectivity index (χ0v) is 14.7. The van der Waals surface area contributed by atoms with Gasteiger partial charge < -0.3 is 4.74 Å². The van der Waals surface area contributed by atoms with Crippen LogP contribution in [0.15, 0.2) is 90.2 Å². The molecule has 3 aromatic heterocycles. The Morgan fingerprint density at radius 2 is 1.58 bits per heavy atom. The summed E-state index contributed by atoms with van der Waals surface area (Å²) in [6, 6.07) is 21.1. The van der Waals surface area contributed by atoms with E-state index >= 15 is 0 Å². The quantitative estimate of drug-likeness (QED) is 0.504. The van der Waals surface area contributed by atoms with E-state index in [2.05, 4.69) is 33.6 Å². The first kappa shape index (κ1) is 16.3. The van der Waals surface area contributed by atoms with E-state index in [0.29, 0.717) is 11.8 Å². The molecule has 0 atom stereocenters. The van der Waals surface area contributed by atoms with Crippen LogP contribution in [0, 0.1) is 0 Å². The fraction of sp³-hybridized carbons (Fsp3) is 0. The second-order valence-electron chi connectivity index (χ2n) is 5.61. The minimum absolute atomic E-state index is 0.487. The van der Waals surface area contributed by atoms with Crippen molar-refractivity contribution in [3.8, 4) is 34.1 Å². The van der Waals surface area contributed by atoms with Gasteiger partial charge in [-0.25, -0.2) is 9.97 Å². The van der Waals surface area contributed by atoms with E-state index < -0.39 is 0 Å². The molecule has 0 bridgehead atoms. The third-order valence-corrected chi connectivity index (χ3v) is 4.21. The Kier molecular flexibility index (Phi) is 4.62. The Labute approximate surface area is 157 Å². The van der Waals surface area contributed by atoms with Crippen molar-refractivity contribution in [3.63, 3.8) is 0 Å². The van der Waals surface area contributed by atoms with Crippen LogP contribution < -0.4 is 4.74 Å². The van der Waals surface area contributed by atoms with Gasteiger partial charge in [0.05, 0.1) is 5.69 Å². The summed E-state index contributed by atoms with van der Waals surface area (Å²) in [7, 11) is 0. The molecule has 0 N–H and O–H groups in total. The fourth-order valence-electron chi connectivity index (χ4n) is 2.59. The molecule has 26 heavy (non-hydrogen) atoms. The monoisotopic (exact) mass is 357 g/mol. The van der Waals surface area contributed by atoms with E-state index in [1.54, 1.807) is 24.5 Å². The summed E-state index contributed by atoms with van der Waals surface area (Å²) in [5.74, 6) is 0.995. The molecule has 3 heterocycles. The van der Waals surface area contributed by atoms with E-state index in [4.69, 9.17) is 4.74 Å². The standard InChI is InChI=1S/C21H15N3OS/c26-19-8-2-1-6-17(19)15-12-16(14-22-13-15)18-7-5-10-21(24-18)25-20-9-3-4-11-23-20/h1-14,26H. The average Bonchev–Trinajstić information content (AvgIpc) is 2.69. The Morgan fingerprint density at radius 1 is 0.769 bits per heavy atom. The van der Waals surface area contributed by atoms with E-state index in [1.165, 1.54) is 0 Å². The minimum atomic E-state index is 0.487. The van der Waals surface area contributed by atoms with Gasteiger partial charge in [0.15, 0.2) is 0 Å². The van der Waals surface area contributed by atoms with Gasteiger partial charge in [0.25, 0.3) is 0 Å². The predicted octanol–water partition coefficient (Wildman–Crippen LogP) is 5.29. The number of nitrogens with zero attached hydrogens (tertiary/aromatic N) is 3. The number of aromatic nitrogens is 3. The molecular weight excluding hydrogens is 342 g/mol. The summed E-state index contributed by atoms with van der Waals surface area (Å²) < 4.78 is 5.72. The summed E-state index contributed by atoms with van der Waals surface area (Å²) in [5.41, 5.74) is 3.71. The van der Waals surface area contributed by atoms with Crippen LogP contribution in [-0.2, 0) is 0 Å². The Hall–Kier alpha value is -3.18. The first-order chi connectivity index (χ1) is 12.8. The van der Waals surface area contributed by atoms with Crippen molar-refractivity contribution in [3.05, 3.63) is 85.3 Å². The molecule has 126 valence electrons. The summed E-state index contributed by atoms with van der Waals surface area (Å²) in [6.45, 7) is 0. The number of ether oxygens (including phenoxy) is 1. The van der Waals surface area contributed by atoms with E-state index in [-0.39, 0.29) is 0 Å². The zero-order chi connectivity index (χ0) is 17.8. The maximum absolute atomic E-state index is 5.72. The number of rotatable bonds is 4. The third-order valence-electron chi connectivity index (χ3n) is 3.82. The molecule has 0 saturated heterocycles. The predicted molar refractivity (Wildman–Crippen MR) is 104 cm³/mol. The summed E-state index contributed by atoms with van der Waals surface area (Å²) in [5, 5.41) is 0. The second kappa shape index (κ2) is 7.37. The second-order valence-corrected chi connectivity index (χ2v) is 6.09. The van der Waals surface area contributed by atoms with Gasteiger partial charge in [-0.1, -0.05) is 30.3 Å². The maximum atomic E-state index is 5.72. The summed E-state index contributed by atoms with van der Waals surface area (Å²) >= 11 is 4.53. The van der Waals surface area contributed by atoms with Crippen LogP contribution in [0.3, 0.4) is 0 Å². The fourth-order valence-corrected chi connectivity index (χ4v) is 2.88. The molecule has 0 unspecified atom stereocenters. The lowest BCUT2D eigenvalue weighted by atomic mass is 10.0. The van der Waals surface area contributed by atoms with Crippen LogP contribution >= 0.6 is 12.6 Å². The number of benzene rings is 1. The van der Waals surface area contributed by atoms with Crippen molar-refractivity contribution in [1.29, 1.82) is 0 Å². The Balaban J connectivity index is 1.67. The highest BCUT2D eigenvalue weighted by Gasteiger charge is 2.07. The summed E-state index contributed by atoms with van der Waals surface area (Å²) in [6.07, 6.45) is 5.30. The van der Waals surface area contributed by atoms with Crippen LogP contribution in [0.25, 0.3) is 22.4 Å². The summed E-state index contributed by atoms with van der Waals surface area (Å²) in [4.78, 5) is 14.0. The third kappa shape index (κ3) is 3.58. The van der Waals surface area contributed by atoms with Crippen molar-refractivity contribution in [2.75, 3.05) is 0 Å². The first-order valence-electron chi connectivity index (χ1n) is 8.09. The van der Waals surface area contributed by atoms with E-state index in [9.17, 15) is 0 Å². The zero-order valence-electron chi connectivity index (χ0n) is 13.8. The van der Waals surface area contributed by atoms with Crippen LogP contribution in [0.4, 0.5) is 0 Å². The number of hydrogen-bond donors (Lipinski definition) is 1. The molecule has 0 aliphatic carbocycles. The van der Waals surface area contributed by atoms with Gasteiger partial charge in [0, 0.05) is 46.7 Å². The molecule has 0 fully saturated rings. The molecule has 0 aliphatic rings. The number of hydrogen-bond acceptors (Lipinski definition) is 5. The topological polar surface area (TPSA) is 47.9 Å². The molecule has 0 spiro atoms. The molecule has 0 aliphatic heterocycles. The highest BCUT2D eigenvalue weighted by molar-refractivity contribution is 7.80. The molecule has 1 aromatic carbocycles. The van der Waals surface area contributed by atoms with Gasteiger partial charge in [-0.05, 0) is 29.8 Å². The van der Waals surface area contributed by atoms with Crippen molar-refractivity contribution in [2.45, 2.75) is 4.90 Å². The van der Waals surface area contributed by atoms with Gasteiger partial charge in [-0.3, -0.25) is 4.98 Å². The van der Waals surface area contributed by atoms with E-state index in [0.717, 1.165) is 27.3 Å². The van der Waals surface area contributed by atoms with Gasteiger partial charge in [-0.15, -0.1) is 12.6 Å². The molecule has 4 aromatic rings. The average molecular weight is 357 g/mol. The molecule has 4 rings (SSSR count). The largest absolute Gasteiger partial charge is 0.421 e. The lowest BCUT2D eigenvalue weighted by Gasteiger charge is -2.08. The van der Waals surface area contributed by atoms with Crippen LogP contribution in [0.2, 0.25) is 0 Å². The number of pyridine rings is 3. The highest BCUT2D eigenvalue weighted by atomic mass is 32.1. The van der Waals surface area contributed by atoms with Crippen LogP contribution in [-0.4, -0.2) is 15.0 Å². The van der Waals surface area contributed by atoms with Gasteiger partial charge in [0.1, 0.15) is 0 Å². The van der Waals surface area contributed by atoms with Gasteiger partial charge >= 0.3 is 0 Å². The Morgan fingerprint density at radius 3 is 2.42 bits per heavy atom. The molecule has 0 radical (unpaired) electrons. The SMILES string of the molecule is Sc1ccccc1-c1cncc(-c2cccc(Oc3ccccn3)n2)c1. The molecular formula is C21H15N3OS. The Bertz CT molecular complexity index is 1040. The normalized spacial score (nSPS) is 10.5. The highest BCUT2D eigenvalue weighted by Crippen LogP contribution is 2.29. The molecule has 4 nitrogen and oxygen atoms in total. The maximum Gasteiger partial charge on any atom is 0.221 e. The van der Waals surface area contributed by atoms with Crippen molar-refractivity contribution >= 4 is 12.6 Å². The molecule has 0 saturated carbocycles. The van der Waals surface area contributed by atoms with Gasteiger partial charge in [0.2, 0.25) is 11.8 Å². The van der Waals surface area contributed by atoms with E-state index in [1.807, 2.05) is 54.7 Å². The molecule has 0 amide bonds. The van der Waals surface area contributed by atoms with Crippen LogP contribution in [0.5, 0.6) is 11.8 Å². The van der Waals surface area contributed by atoms with Crippen molar-refractivity contribution in [1.82, 2.24) is 15.0 Å². The van der Waals surface area contributed by atoms with Gasteiger partial charge in [-0.2, -0.15) is 0 Å². The molecule has 5 heteroatoms. The minimum Gasteiger partial charge on any atom is -0.421 e. The lowest BCUT2D eigenvalue weighted by Crippen LogP contribution is -1.92. The number of thiol groups is 1. The smallest absolute Gasteiger partial charge is 0.221 e.